The van der Waals surface area contributed by atoms with Gasteiger partial charge in [-0.2, -0.15) is 0 Å². The summed E-state index contributed by atoms with van der Waals surface area (Å²) in [5.74, 6) is -1.45. The molecule has 3 N–H and O–H groups in total. The fourth-order valence-electron chi connectivity index (χ4n) is 2.24. The van der Waals surface area contributed by atoms with E-state index in [-0.39, 0.29) is 37.2 Å². The van der Waals surface area contributed by atoms with Crippen LogP contribution in [-0.2, 0) is 14.4 Å². The van der Waals surface area contributed by atoms with Gasteiger partial charge in [0.05, 0.1) is 20.1 Å². The SMILES string of the molecule is COc1ccc([C@H](CC(=O)O)CC(=O)NCC(=O)NC(C)C)cc1. The molecule has 0 aliphatic carbocycles. The highest BCUT2D eigenvalue weighted by Gasteiger charge is 2.20. The average molecular weight is 336 g/mol. The summed E-state index contributed by atoms with van der Waals surface area (Å²) in [6.07, 6.45) is -0.175. The van der Waals surface area contributed by atoms with Crippen LogP contribution >= 0.6 is 0 Å². The average Bonchev–Trinajstić information content (AvgIpc) is 2.51. The number of carbonyl (C=O) groups is 3. The van der Waals surface area contributed by atoms with Gasteiger partial charge < -0.3 is 20.5 Å². The van der Waals surface area contributed by atoms with Crippen LogP contribution in [0.2, 0.25) is 0 Å². The number of ether oxygens (including phenoxy) is 1. The van der Waals surface area contributed by atoms with Crippen molar-refractivity contribution in [2.24, 2.45) is 0 Å². The van der Waals surface area contributed by atoms with Gasteiger partial charge in [0.1, 0.15) is 5.75 Å². The molecule has 1 atom stereocenters. The molecule has 0 bridgehead atoms. The number of hydrogen-bond donors (Lipinski definition) is 3. The van der Waals surface area contributed by atoms with Crippen LogP contribution in [0.25, 0.3) is 0 Å². The molecule has 0 aliphatic heterocycles. The zero-order chi connectivity index (χ0) is 18.1. The molecule has 7 heteroatoms. The number of carboxylic acids is 1. The minimum Gasteiger partial charge on any atom is -0.497 e. The number of nitrogens with one attached hydrogen (secondary N) is 2. The van der Waals surface area contributed by atoms with Crippen molar-refractivity contribution in [2.75, 3.05) is 13.7 Å². The Kier molecular flexibility index (Phi) is 7.74. The van der Waals surface area contributed by atoms with Crippen molar-refractivity contribution in [3.8, 4) is 5.75 Å². The van der Waals surface area contributed by atoms with Gasteiger partial charge in [-0.15, -0.1) is 0 Å². The van der Waals surface area contributed by atoms with Gasteiger partial charge >= 0.3 is 5.97 Å². The number of methoxy groups -OCH3 is 1. The third-order valence-corrected chi connectivity index (χ3v) is 3.34. The van der Waals surface area contributed by atoms with E-state index in [0.29, 0.717) is 5.75 Å². The highest BCUT2D eigenvalue weighted by Crippen LogP contribution is 2.25. The van der Waals surface area contributed by atoms with E-state index in [2.05, 4.69) is 10.6 Å². The Labute approximate surface area is 141 Å². The molecule has 0 fully saturated rings. The lowest BCUT2D eigenvalue weighted by Crippen LogP contribution is -2.40. The number of benzene rings is 1. The topological polar surface area (TPSA) is 105 Å². The number of rotatable bonds is 9. The van der Waals surface area contributed by atoms with Gasteiger partial charge in [0.15, 0.2) is 0 Å². The zero-order valence-corrected chi connectivity index (χ0v) is 14.2. The lowest BCUT2D eigenvalue weighted by atomic mass is 9.92. The van der Waals surface area contributed by atoms with Gasteiger partial charge in [0, 0.05) is 18.4 Å². The number of carboxylic acid groups (broad SMARTS) is 1. The van der Waals surface area contributed by atoms with E-state index in [1.807, 2.05) is 13.8 Å². The minimum atomic E-state index is -0.985. The Morgan fingerprint density at radius 1 is 1.08 bits per heavy atom. The third-order valence-electron chi connectivity index (χ3n) is 3.34. The molecule has 0 saturated carbocycles. The maximum atomic E-state index is 12.0. The molecule has 0 aliphatic rings. The van der Waals surface area contributed by atoms with Crippen molar-refractivity contribution in [1.82, 2.24) is 10.6 Å². The number of hydrogen-bond acceptors (Lipinski definition) is 4. The van der Waals surface area contributed by atoms with Crippen LogP contribution < -0.4 is 15.4 Å². The second-order valence-corrected chi connectivity index (χ2v) is 5.77. The van der Waals surface area contributed by atoms with Crippen molar-refractivity contribution in [3.05, 3.63) is 29.8 Å². The largest absolute Gasteiger partial charge is 0.497 e. The first-order chi connectivity index (χ1) is 11.3. The Hall–Kier alpha value is -2.57. The molecular formula is C17H24N2O5. The van der Waals surface area contributed by atoms with E-state index in [1.165, 1.54) is 0 Å². The van der Waals surface area contributed by atoms with E-state index < -0.39 is 11.9 Å². The summed E-state index contributed by atoms with van der Waals surface area (Å²) in [6.45, 7) is 3.53. The van der Waals surface area contributed by atoms with Gasteiger partial charge in [0.2, 0.25) is 11.8 Å². The Bertz CT molecular complexity index is 569. The molecule has 0 saturated heterocycles. The molecule has 1 aromatic rings. The standard InChI is InChI=1S/C17H24N2O5/c1-11(2)19-16(21)10-18-15(20)8-13(9-17(22)23)12-4-6-14(24-3)7-5-12/h4-7,11,13H,8-10H2,1-3H3,(H,18,20)(H,19,21)(H,22,23)/t13-/m0/s1. The Morgan fingerprint density at radius 2 is 1.71 bits per heavy atom. The molecule has 24 heavy (non-hydrogen) atoms. The summed E-state index contributed by atoms with van der Waals surface area (Å²) >= 11 is 0. The van der Waals surface area contributed by atoms with Crippen LogP contribution in [0.1, 0.15) is 38.2 Å². The number of carbonyl (C=O) groups excluding carboxylic acids is 2. The number of aliphatic carboxylic acids is 1. The lowest BCUT2D eigenvalue weighted by Gasteiger charge is -2.16. The summed E-state index contributed by atoms with van der Waals surface area (Å²) in [5.41, 5.74) is 0.736. The summed E-state index contributed by atoms with van der Waals surface area (Å²) < 4.78 is 5.07. The maximum Gasteiger partial charge on any atom is 0.303 e. The van der Waals surface area contributed by atoms with Crippen LogP contribution in [0.3, 0.4) is 0 Å². The minimum absolute atomic E-state index is 0.00606. The zero-order valence-electron chi connectivity index (χ0n) is 14.2. The molecule has 0 radical (unpaired) electrons. The first-order valence-electron chi connectivity index (χ1n) is 7.73. The van der Waals surface area contributed by atoms with Crippen LogP contribution in [0.15, 0.2) is 24.3 Å². The smallest absolute Gasteiger partial charge is 0.303 e. The maximum absolute atomic E-state index is 12.0. The molecule has 1 rings (SSSR count). The van der Waals surface area contributed by atoms with E-state index in [9.17, 15) is 14.4 Å². The molecule has 7 nitrogen and oxygen atoms in total. The van der Waals surface area contributed by atoms with Crippen LogP contribution in [0.5, 0.6) is 5.75 Å². The predicted molar refractivity (Wildman–Crippen MR) is 88.9 cm³/mol. The van der Waals surface area contributed by atoms with Gasteiger partial charge in [-0.1, -0.05) is 12.1 Å². The molecule has 0 spiro atoms. The molecule has 0 unspecified atom stereocenters. The number of amides is 2. The van der Waals surface area contributed by atoms with E-state index in [1.54, 1.807) is 31.4 Å². The van der Waals surface area contributed by atoms with Crippen LogP contribution in [0.4, 0.5) is 0 Å². The highest BCUT2D eigenvalue weighted by atomic mass is 16.5. The fraction of sp³-hybridized carbons (Fsp3) is 0.471. The molecule has 2 amide bonds. The summed E-state index contributed by atoms with van der Waals surface area (Å²) in [7, 11) is 1.54. The molecule has 0 heterocycles. The third kappa shape index (κ3) is 7.13. The first kappa shape index (κ1) is 19.5. The van der Waals surface area contributed by atoms with Crippen molar-refractivity contribution in [2.45, 2.75) is 38.6 Å². The van der Waals surface area contributed by atoms with Crippen molar-refractivity contribution < 1.29 is 24.2 Å². The summed E-state index contributed by atoms with van der Waals surface area (Å²) in [6, 6.07) is 6.92. The molecular weight excluding hydrogens is 312 g/mol. The summed E-state index contributed by atoms with van der Waals surface area (Å²) in [4.78, 5) is 34.6. The van der Waals surface area contributed by atoms with Gasteiger partial charge in [-0.25, -0.2) is 0 Å². The predicted octanol–water partition coefficient (Wildman–Crippen LogP) is 1.28. The quantitative estimate of drug-likeness (QED) is 0.630. The van der Waals surface area contributed by atoms with Gasteiger partial charge in [-0.05, 0) is 31.5 Å². The fourth-order valence-corrected chi connectivity index (χ4v) is 2.24. The van der Waals surface area contributed by atoms with Crippen molar-refractivity contribution in [3.63, 3.8) is 0 Å². The highest BCUT2D eigenvalue weighted by molar-refractivity contribution is 5.85. The molecule has 1 aromatic carbocycles. The second kappa shape index (κ2) is 9.54. The second-order valence-electron chi connectivity index (χ2n) is 5.77. The Balaban J connectivity index is 2.66. The van der Waals surface area contributed by atoms with E-state index >= 15 is 0 Å². The van der Waals surface area contributed by atoms with Crippen LogP contribution in [-0.4, -0.2) is 42.6 Å². The van der Waals surface area contributed by atoms with Crippen molar-refractivity contribution in [1.29, 1.82) is 0 Å². The molecule has 132 valence electrons. The Morgan fingerprint density at radius 3 is 2.21 bits per heavy atom. The van der Waals surface area contributed by atoms with E-state index in [4.69, 9.17) is 9.84 Å². The monoisotopic (exact) mass is 336 g/mol. The first-order valence-corrected chi connectivity index (χ1v) is 7.73. The van der Waals surface area contributed by atoms with Gasteiger partial charge in [0.25, 0.3) is 0 Å². The lowest BCUT2D eigenvalue weighted by molar-refractivity contribution is -0.137. The molecule has 0 aromatic heterocycles. The van der Waals surface area contributed by atoms with Gasteiger partial charge in [-0.3, -0.25) is 14.4 Å². The van der Waals surface area contributed by atoms with Crippen LogP contribution in [0, 0.1) is 0 Å². The normalized spacial score (nSPS) is 11.7. The van der Waals surface area contributed by atoms with Crippen molar-refractivity contribution >= 4 is 17.8 Å². The van der Waals surface area contributed by atoms with E-state index in [0.717, 1.165) is 5.56 Å². The summed E-state index contributed by atoms with van der Waals surface area (Å²) in [5, 5.41) is 14.2.